The molecule has 0 aromatic carbocycles. The Labute approximate surface area is 146 Å². The van der Waals surface area contributed by atoms with E-state index in [9.17, 15) is 32.3 Å². The Balaban J connectivity index is 1.78. The van der Waals surface area contributed by atoms with Gasteiger partial charge in [-0.15, -0.1) is 0 Å². The minimum Gasteiger partial charge on any atom is -0.373 e. The van der Waals surface area contributed by atoms with Crippen molar-refractivity contribution in [1.82, 2.24) is 14.8 Å². The first-order valence-corrected chi connectivity index (χ1v) is 8.01. The van der Waals surface area contributed by atoms with Crippen LogP contribution >= 0.6 is 0 Å². The monoisotopic (exact) mass is 375 g/mol. The largest absolute Gasteiger partial charge is 0.426 e. The number of rotatable bonds is 2. The summed E-state index contributed by atoms with van der Waals surface area (Å²) in [6.45, 7) is -0.525. The minimum absolute atomic E-state index is 0.158. The molecule has 142 valence electrons. The fourth-order valence-corrected chi connectivity index (χ4v) is 3.27. The summed E-state index contributed by atoms with van der Waals surface area (Å²) in [5, 5.41) is 9.52. The average molecular weight is 375 g/mol. The van der Waals surface area contributed by atoms with Gasteiger partial charge in [0.15, 0.2) is 0 Å². The summed E-state index contributed by atoms with van der Waals surface area (Å²) in [7, 11) is 0. The van der Waals surface area contributed by atoms with E-state index in [1.54, 1.807) is 12.1 Å². The molecule has 2 aliphatic heterocycles. The third kappa shape index (κ3) is 2.91. The zero-order valence-corrected chi connectivity index (χ0v) is 13.8. The fraction of sp³-hybridized carbons (Fsp3) is 0.562. The number of fused-ring (bicyclic) bond motifs is 1. The zero-order valence-electron chi connectivity index (χ0n) is 13.8. The van der Waals surface area contributed by atoms with E-state index >= 15 is 0 Å². The Morgan fingerprint density at radius 2 is 2.04 bits per heavy atom. The molecule has 10 heteroatoms. The number of carbonyl (C=O) groups is 2. The molecule has 3 atom stereocenters. The number of pyridine rings is 1. The van der Waals surface area contributed by atoms with Crippen LogP contribution in [0.5, 0.6) is 0 Å². The smallest absolute Gasteiger partial charge is 0.373 e. The van der Waals surface area contributed by atoms with Crippen molar-refractivity contribution in [2.45, 2.75) is 37.3 Å². The molecular weight excluding hydrogens is 358 g/mol. The van der Waals surface area contributed by atoms with Gasteiger partial charge in [0.05, 0.1) is 23.8 Å². The van der Waals surface area contributed by atoms with Crippen LogP contribution in [0.3, 0.4) is 0 Å². The Morgan fingerprint density at radius 1 is 1.35 bits per heavy atom. The Kier molecular flexibility index (Phi) is 4.41. The summed E-state index contributed by atoms with van der Waals surface area (Å²) in [4.78, 5) is 30.5. The van der Waals surface area contributed by atoms with Crippen LogP contribution in [0.15, 0.2) is 18.3 Å². The molecule has 0 spiro atoms. The Morgan fingerprint density at radius 3 is 2.69 bits per heavy atom. The van der Waals surface area contributed by atoms with Gasteiger partial charge in [-0.3, -0.25) is 14.6 Å². The van der Waals surface area contributed by atoms with Crippen molar-refractivity contribution in [2.24, 2.45) is 0 Å². The number of hydrogen-bond acceptors (Lipinski definition) is 4. The van der Waals surface area contributed by atoms with E-state index in [1.165, 1.54) is 11.1 Å². The van der Waals surface area contributed by atoms with Gasteiger partial charge in [0.1, 0.15) is 6.17 Å². The average Bonchev–Trinajstić information content (AvgIpc) is 2.95. The van der Waals surface area contributed by atoms with E-state index in [2.05, 4.69) is 4.98 Å². The second-order valence-electron chi connectivity index (χ2n) is 6.61. The standard InChI is InChI=1S/C16H17F4N3O3/c1-15(26,16(18,19)20)14(25)22-7-10(17)12(8-22)23-6-4-11-9(13(23)24)3-2-5-21-11/h2-3,5,10,12,26H,4,6-8H2,1H3/t10-,12+,15-/m1/s1. The SMILES string of the molecule is C[C@@](O)(C(=O)N1C[C@@H](F)[C@@H](N2CCc3ncccc3C2=O)C1)C(F)(F)F. The maximum absolute atomic E-state index is 14.5. The van der Waals surface area contributed by atoms with E-state index in [0.29, 0.717) is 29.5 Å². The van der Waals surface area contributed by atoms with E-state index in [1.807, 2.05) is 0 Å². The topological polar surface area (TPSA) is 73.7 Å². The second kappa shape index (κ2) is 6.19. The highest BCUT2D eigenvalue weighted by Crippen LogP contribution is 2.34. The molecule has 0 radical (unpaired) electrons. The third-order valence-corrected chi connectivity index (χ3v) is 4.85. The molecule has 1 aromatic heterocycles. The molecule has 2 amide bonds. The summed E-state index contributed by atoms with van der Waals surface area (Å²) >= 11 is 0. The van der Waals surface area contributed by atoms with Gasteiger partial charge in [-0.25, -0.2) is 4.39 Å². The summed E-state index contributed by atoms with van der Waals surface area (Å²) < 4.78 is 53.0. The summed E-state index contributed by atoms with van der Waals surface area (Å²) in [6, 6.07) is 2.05. The van der Waals surface area contributed by atoms with E-state index in [-0.39, 0.29) is 6.54 Å². The Hall–Kier alpha value is -2.23. The summed E-state index contributed by atoms with van der Waals surface area (Å²) in [5.41, 5.74) is -2.71. The molecule has 1 fully saturated rings. The van der Waals surface area contributed by atoms with Crippen molar-refractivity contribution in [3.05, 3.63) is 29.6 Å². The highest BCUT2D eigenvalue weighted by Gasteiger charge is 2.58. The molecule has 1 N–H and O–H groups in total. The van der Waals surface area contributed by atoms with Gasteiger partial charge < -0.3 is 14.9 Å². The van der Waals surface area contributed by atoms with E-state index in [0.717, 1.165) is 0 Å². The number of amides is 2. The van der Waals surface area contributed by atoms with Crippen LogP contribution in [0, 0.1) is 0 Å². The van der Waals surface area contributed by atoms with E-state index < -0.39 is 48.9 Å². The summed E-state index contributed by atoms with van der Waals surface area (Å²) in [6.07, 6.45) is -4.96. The van der Waals surface area contributed by atoms with Crippen LogP contribution in [0.25, 0.3) is 0 Å². The molecule has 3 heterocycles. The second-order valence-corrected chi connectivity index (χ2v) is 6.61. The first-order chi connectivity index (χ1) is 12.0. The molecule has 1 aromatic rings. The number of alkyl halides is 4. The molecule has 0 saturated carbocycles. The van der Waals surface area contributed by atoms with E-state index in [4.69, 9.17) is 0 Å². The number of aliphatic hydroxyl groups is 1. The molecule has 1 saturated heterocycles. The lowest BCUT2D eigenvalue weighted by atomic mass is 10.0. The molecule has 2 aliphatic rings. The van der Waals surface area contributed by atoms with Gasteiger partial charge in [-0.1, -0.05) is 0 Å². The molecule has 26 heavy (non-hydrogen) atoms. The number of halogens is 4. The predicted molar refractivity (Wildman–Crippen MR) is 80.9 cm³/mol. The van der Waals surface area contributed by atoms with Crippen molar-refractivity contribution < 1.29 is 32.3 Å². The highest BCUT2D eigenvalue weighted by molar-refractivity contribution is 5.96. The van der Waals surface area contributed by atoms with Crippen molar-refractivity contribution in [3.63, 3.8) is 0 Å². The maximum Gasteiger partial charge on any atom is 0.426 e. The zero-order chi connectivity index (χ0) is 19.3. The van der Waals surface area contributed by atoms with Crippen LogP contribution in [0.4, 0.5) is 17.6 Å². The van der Waals surface area contributed by atoms with Gasteiger partial charge in [-0.2, -0.15) is 13.2 Å². The number of hydrogen-bond donors (Lipinski definition) is 1. The first-order valence-electron chi connectivity index (χ1n) is 8.01. The quantitative estimate of drug-likeness (QED) is 0.781. The summed E-state index contributed by atoms with van der Waals surface area (Å²) in [5.74, 6) is -2.09. The number of likely N-dealkylation sites (tertiary alicyclic amines) is 1. The third-order valence-electron chi connectivity index (χ3n) is 4.85. The van der Waals surface area contributed by atoms with Crippen molar-refractivity contribution in [3.8, 4) is 0 Å². The van der Waals surface area contributed by atoms with Crippen LogP contribution in [-0.2, 0) is 11.2 Å². The highest BCUT2D eigenvalue weighted by atomic mass is 19.4. The number of aromatic nitrogens is 1. The number of nitrogens with zero attached hydrogens (tertiary/aromatic N) is 3. The molecule has 0 unspecified atom stereocenters. The van der Waals surface area contributed by atoms with Gasteiger partial charge >= 0.3 is 6.18 Å². The molecule has 0 aliphatic carbocycles. The van der Waals surface area contributed by atoms with Gasteiger partial charge in [0, 0.05) is 25.7 Å². The lowest BCUT2D eigenvalue weighted by Crippen LogP contribution is -2.56. The predicted octanol–water partition coefficient (Wildman–Crippen LogP) is 0.942. The molecule has 0 bridgehead atoms. The molecule has 6 nitrogen and oxygen atoms in total. The van der Waals surface area contributed by atoms with Crippen molar-refractivity contribution in [2.75, 3.05) is 19.6 Å². The molecular formula is C16H17F4N3O3. The van der Waals surface area contributed by atoms with Crippen LogP contribution in [0.2, 0.25) is 0 Å². The minimum atomic E-state index is -5.18. The van der Waals surface area contributed by atoms with Crippen LogP contribution < -0.4 is 0 Å². The Bertz CT molecular complexity index is 738. The number of carbonyl (C=O) groups excluding carboxylic acids is 2. The lowest BCUT2D eigenvalue weighted by Gasteiger charge is -2.34. The lowest BCUT2D eigenvalue weighted by molar-refractivity contribution is -0.249. The van der Waals surface area contributed by atoms with Crippen LogP contribution in [0.1, 0.15) is 23.0 Å². The first kappa shape index (κ1) is 18.6. The normalized spacial score (nSPS) is 25.8. The van der Waals surface area contributed by atoms with Gasteiger partial charge in [-0.05, 0) is 19.1 Å². The van der Waals surface area contributed by atoms with Gasteiger partial charge in [0.25, 0.3) is 11.8 Å². The van der Waals surface area contributed by atoms with Crippen LogP contribution in [-0.4, -0.2) is 75.3 Å². The van der Waals surface area contributed by atoms with Gasteiger partial charge in [0.2, 0.25) is 5.60 Å². The fourth-order valence-electron chi connectivity index (χ4n) is 3.27. The van der Waals surface area contributed by atoms with Crippen molar-refractivity contribution in [1.29, 1.82) is 0 Å². The van der Waals surface area contributed by atoms with Crippen molar-refractivity contribution >= 4 is 11.8 Å². The maximum atomic E-state index is 14.5. The molecule has 3 rings (SSSR count).